The minimum Gasteiger partial charge on any atom is -0.465 e. The second-order valence-corrected chi connectivity index (χ2v) is 2.87. The van der Waals surface area contributed by atoms with Crippen LogP contribution < -0.4 is 10.5 Å². The molecule has 0 saturated heterocycles. The van der Waals surface area contributed by atoms with Crippen molar-refractivity contribution >= 4 is 17.3 Å². The van der Waals surface area contributed by atoms with Gasteiger partial charge in [0.15, 0.2) is 6.79 Å². The zero-order valence-corrected chi connectivity index (χ0v) is 8.17. The molecule has 3 nitrogen and oxygen atoms in total. The predicted molar refractivity (Wildman–Crippen MR) is 53.0 cm³/mol. The van der Waals surface area contributed by atoms with E-state index in [-0.39, 0.29) is 6.79 Å². The summed E-state index contributed by atoms with van der Waals surface area (Å²) in [5, 5.41) is 0.598. The Labute approximate surface area is 82.4 Å². The van der Waals surface area contributed by atoms with Crippen LogP contribution in [0.15, 0.2) is 18.2 Å². The second kappa shape index (κ2) is 4.94. The van der Waals surface area contributed by atoms with Gasteiger partial charge in [-0.3, -0.25) is 0 Å². The zero-order chi connectivity index (χ0) is 9.68. The van der Waals surface area contributed by atoms with Crippen LogP contribution in [0, 0.1) is 0 Å². The lowest BCUT2D eigenvalue weighted by atomic mass is 10.3. The maximum Gasteiger partial charge on any atom is 0.189 e. The summed E-state index contributed by atoms with van der Waals surface area (Å²) in [6.07, 6.45) is 0. The molecule has 0 unspecified atom stereocenters. The van der Waals surface area contributed by atoms with E-state index >= 15 is 0 Å². The van der Waals surface area contributed by atoms with Gasteiger partial charge in [0.1, 0.15) is 5.75 Å². The summed E-state index contributed by atoms with van der Waals surface area (Å²) in [6, 6.07) is 5.08. The molecule has 1 rings (SSSR count). The van der Waals surface area contributed by atoms with E-state index in [2.05, 4.69) is 0 Å². The third kappa shape index (κ3) is 3.13. The molecule has 0 radical (unpaired) electrons. The Morgan fingerprint density at radius 3 is 2.85 bits per heavy atom. The molecular formula is C9H12ClNO2. The first-order valence-corrected chi connectivity index (χ1v) is 4.37. The van der Waals surface area contributed by atoms with Crippen LogP contribution in [0.2, 0.25) is 5.02 Å². The Morgan fingerprint density at radius 1 is 1.46 bits per heavy atom. The molecule has 0 aliphatic carbocycles. The Bertz CT molecular complexity index is 278. The number of benzene rings is 1. The number of halogens is 1. The molecule has 0 heterocycles. The maximum absolute atomic E-state index is 5.71. The molecule has 0 bridgehead atoms. The van der Waals surface area contributed by atoms with Gasteiger partial charge in [0.05, 0.1) is 5.69 Å². The lowest BCUT2D eigenvalue weighted by molar-refractivity contribution is 0.0229. The molecule has 0 amide bonds. The number of hydrogen-bond acceptors (Lipinski definition) is 3. The molecule has 0 aromatic heterocycles. The van der Waals surface area contributed by atoms with E-state index in [0.29, 0.717) is 23.1 Å². The number of ether oxygens (including phenoxy) is 2. The molecule has 0 aliphatic heterocycles. The highest BCUT2D eigenvalue weighted by atomic mass is 35.5. The Balaban J connectivity index is 2.56. The summed E-state index contributed by atoms with van der Waals surface area (Å²) in [6.45, 7) is 2.73. The highest BCUT2D eigenvalue weighted by Gasteiger charge is 1.99. The lowest BCUT2D eigenvalue weighted by Gasteiger charge is -2.08. The van der Waals surface area contributed by atoms with Crippen molar-refractivity contribution in [1.82, 2.24) is 0 Å². The third-order valence-corrected chi connectivity index (χ3v) is 1.71. The topological polar surface area (TPSA) is 44.5 Å². The van der Waals surface area contributed by atoms with Gasteiger partial charge in [0.2, 0.25) is 0 Å². The molecule has 0 atom stereocenters. The van der Waals surface area contributed by atoms with Crippen molar-refractivity contribution in [2.24, 2.45) is 0 Å². The molecule has 1 aromatic carbocycles. The number of nitrogens with two attached hydrogens (primary N) is 1. The van der Waals surface area contributed by atoms with Crippen molar-refractivity contribution in [2.45, 2.75) is 6.92 Å². The van der Waals surface area contributed by atoms with Gasteiger partial charge in [-0.25, -0.2) is 0 Å². The number of hydrogen-bond donors (Lipinski definition) is 1. The average Bonchev–Trinajstić information content (AvgIpc) is 2.09. The van der Waals surface area contributed by atoms with Crippen LogP contribution in [0.1, 0.15) is 6.92 Å². The van der Waals surface area contributed by atoms with Crippen molar-refractivity contribution in [1.29, 1.82) is 0 Å². The van der Waals surface area contributed by atoms with Gasteiger partial charge in [-0.05, 0) is 25.1 Å². The van der Waals surface area contributed by atoms with E-state index in [1.54, 1.807) is 18.2 Å². The minimum absolute atomic E-state index is 0.211. The summed E-state index contributed by atoms with van der Waals surface area (Å²) >= 11 is 5.71. The van der Waals surface area contributed by atoms with Crippen LogP contribution in [-0.4, -0.2) is 13.4 Å². The zero-order valence-electron chi connectivity index (χ0n) is 7.42. The first kappa shape index (κ1) is 10.2. The Kier molecular flexibility index (Phi) is 3.86. The average molecular weight is 202 g/mol. The van der Waals surface area contributed by atoms with Crippen molar-refractivity contribution in [3.63, 3.8) is 0 Å². The van der Waals surface area contributed by atoms with Gasteiger partial charge in [-0.15, -0.1) is 0 Å². The maximum atomic E-state index is 5.71. The first-order valence-electron chi connectivity index (χ1n) is 3.99. The van der Waals surface area contributed by atoms with Crippen LogP contribution in [0.4, 0.5) is 5.69 Å². The van der Waals surface area contributed by atoms with Crippen LogP contribution >= 0.6 is 11.6 Å². The third-order valence-electron chi connectivity index (χ3n) is 1.47. The second-order valence-electron chi connectivity index (χ2n) is 2.44. The molecule has 0 fully saturated rings. The van der Waals surface area contributed by atoms with Gasteiger partial charge in [-0.1, -0.05) is 11.6 Å². The monoisotopic (exact) mass is 201 g/mol. The number of nitrogen functional groups attached to an aromatic ring is 1. The fourth-order valence-corrected chi connectivity index (χ4v) is 1.02. The van der Waals surface area contributed by atoms with Crippen LogP contribution in [0.25, 0.3) is 0 Å². The molecule has 4 heteroatoms. The van der Waals surface area contributed by atoms with E-state index in [9.17, 15) is 0 Å². The Morgan fingerprint density at radius 2 is 2.23 bits per heavy atom. The quantitative estimate of drug-likeness (QED) is 0.462. The van der Waals surface area contributed by atoms with Gasteiger partial charge in [0, 0.05) is 11.6 Å². The van der Waals surface area contributed by atoms with E-state index in [1.807, 2.05) is 6.92 Å². The largest absolute Gasteiger partial charge is 0.465 e. The summed E-state index contributed by atoms with van der Waals surface area (Å²) < 4.78 is 10.2. The number of anilines is 1. The van der Waals surface area contributed by atoms with E-state index in [4.69, 9.17) is 26.8 Å². The molecule has 2 N–H and O–H groups in total. The van der Waals surface area contributed by atoms with Gasteiger partial charge in [0.25, 0.3) is 0 Å². The van der Waals surface area contributed by atoms with Gasteiger partial charge in [-0.2, -0.15) is 0 Å². The highest BCUT2D eigenvalue weighted by molar-refractivity contribution is 6.30. The van der Waals surface area contributed by atoms with Crippen LogP contribution in [-0.2, 0) is 4.74 Å². The molecule has 0 saturated carbocycles. The highest BCUT2D eigenvalue weighted by Crippen LogP contribution is 2.24. The number of rotatable bonds is 4. The van der Waals surface area contributed by atoms with E-state index in [1.165, 1.54) is 0 Å². The van der Waals surface area contributed by atoms with Crippen molar-refractivity contribution in [2.75, 3.05) is 19.1 Å². The van der Waals surface area contributed by atoms with E-state index < -0.39 is 0 Å². The van der Waals surface area contributed by atoms with Crippen LogP contribution in [0.3, 0.4) is 0 Å². The lowest BCUT2D eigenvalue weighted by Crippen LogP contribution is -2.03. The van der Waals surface area contributed by atoms with Crippen molar-refractivity contribution < 1.29 is 9.47 Å². The Hall–Kier alpha value is -0.930. The summed E-state index contributed by atoms with van der Waals surface area (Å²) in [4.78, 5) is 0. The summed E-state index contributed by atoms with van der Waals surface area (Å²) in [5.74, 6) is 0.595. The normalized spacial score (nSPS) is 10.0. The fraction of sp³-hybridized carbons (Fsp3) is 0.333. The standard InChI is InChI=1S/C9H12ClNO2/c1-2-12-6-13-9-4-3-7(10)5-8(9)11/h3-5H,2,6,11H2,1H3. The fourth-order valence-electron chi connectivity index (χ4n) is 0.839. The molecule has 13 heavy (non-hydrogen) atoms. The predicted octanol–water partition coefficient (Wildman–Crippen LogP) is 2.29. The minimum atomic E-state index is 0.211. The molecule has 1 aromatic rings. The molecular weight excluding hydrogens is 190 g/mol. The first-order chi connectivity index (χ1) is 6.24. The van der Waals surface area contributed by atoms with Crippen molar-refractivity contribution in [3.8, 4) is 5.75 Å². The summed E-state index contributed by atoms with van der Waals surface area (Å²) in [7, 11) is 0. The van der Waals surface area contributed by atoms with Gasteiger partial charge >= 0.3 is 0 Å². The molecule has 72 valence electrons. The van der Waals surface area contributed by atoms with Crippen LogP contribution in [0.5, 0.6) is 5.75 Å². The van der Waals surface area contributed by atoms with E-state index in [0.717, 1.165) is 0 Å². The molecule has 0 aliphatic rings. The summed E-state index contributed by atoms with van der Waals surface area (Å²) in [5.41, 5.74) is 6.16. The van der Waals surface area contributed by atoms with Gasteiger partial charge < -0.3 is 15.2 Å². The molecule has 0 spiro atoms. The van der Waals surface area contributed by atoms with Crippen molar-refractivity contribution in [3.05, 3.63) is 23.2 Å². The smallest absolute Gasteiger partial charge is 0.189 e. The SMILES string of the molecule is CCOCOc1ccc(Cl)cc1N.